The maximum absolute atomic E-state index is 5.51. The highest BCUT2D eigenvalue weighted by Gasteiger charge is 2.01. The molecule has 0 unspecified atom stereocenters. The van der Waals surface area contributed by atoms with Gasteiger partial charge >= 0.3 is 0 Å². The lowest BCUT2D eigenvalue weighted by molar-refractivity contribution is 0.338. The fraction of sp³-hybridized carbons (Fsp3) is 0.214. The summed E-state index contributed by atoms with van der Waals surface area (Å²) in [6.45, 7) is 4.70. The zero-order valence-corrected chi connectivity index (χ0v) is 12.0. The van der Waals surface area contributed by atoms with Crippen LogP contribution in [0.3, 0.4) is 0 Å². The van der Waals surface area contributed by atoms with Gasteiger partial charge < -0.3 is 10.1 Å². The summed E-state index contributed by atoms with van der Waals surface area (Å²) >= 11 is 3.36. The zero-order chi connectivity index (χ0) is 13.0. The Bertz CT molecular complexity index is 526. The molecule has 0 fully saturated rings. The molecule has 1 aromatic carbocycles. The second-order valence-electron chi connectivity index (χ2n) is 3.90. The van der Waals surface area contributed by atoms with Crippen LogP contribution in [0.25, 0.3) is 0 Å². The number of rotatable bonds is 4. The van der Waals surface area contributed by atoms with Gasteiger partial charge in [0.05, 0.1) is 6.61 Å². The minimum absolute atomic E-state index is 0.682. The van der Waals surface area contributed by atoms with E-state index in [9.17, 15) is 0 Å². The normalized spacial score (nSPS) is 10.2. The van der Waals surface area contributed by atoms with Crippen LogP contribution >= 0.6 is 15.9 Å². The standard InChI is InChI=1S/C14H15BrN2O/c1-3-18-13-6-5-12(8-10(13)2)17-14-7-4-11(15)9-16-14/h4-9H,3H2,1-2H3,(H,16,17). The molecule has 2 rings (SSSR count). The van der Waals surface area contributed by atoms with Crippen molar-refractivity contribution in [3.8, 4) is 5.75 Å². The Morgan fingerprint density at radius 1 is 1.28 bits per heavy atom. The summed E-state index contributed by atoms with van der Waals surface area (Å²) in [5.41, 5.74) is 2.12. The molecule has 0 aliphatic carbocycles. The van der Waals surface area contributed by atoms with Crippen molar-refractivity contribution in [2.45, 2.75) is 13.8 Å². The molecule has 94 valence electrons. The number of nitrogens with one attached hydrogen (secondary N) is 1. The zero-order valence-electron chi connectivity index (χ0n) is 10.4. The molecule has 0 spiro atoms. The predicted molar refractivity (Wildman–Crippen MR) is 77.6 cm³/mol. The van der Waals surface area contributed by atoms with E-state index >= 15 is 0 Å². The molecule has 0 radical (unpaired) electrons. The largest absolute Gasteiger partial charge is 0.494 e. The first-order valence-corrected chi connectivity index (χ1v) is 6.60. The number of hydrogen-bond donors (Lipinski definition) is 1. The van der Waals surface area contributed by atoms with Gasteiger partial charge in [-0.15, -0.1) is 0 Å². The lowest BCUT2D eigenvalue weighted by Gasteiger charge is -2.10. The average molecular weight is 307 g/mol. The van der Waals surface area contributed by atoms with Gasteiger partial charge in [0.2, 0.25) is 0 Å². The summed E-state index contributed by atoms with van der Waals surface area (Å²) in [6, 6.07) is 9.89. The Kier molecular flexibility index (Phi) is 4.20. The molecule has 3 nitrogen and oxygen atoms in total. The van der Waals surface area contributed by atoms with Crippen molar-refractivity contribution in [1.82, 2.24) is 4.98 Å². The van der Waals surface area contributed by atoms with Crippen LogP contribution in [-0.2, 0) is 0 Å². The van der Waals surface area contributed by atoms with Crippen molar-refractivity contribution >= 4 is 27.4 Å². The van der Waals surface area contributed by atoms with Gasteiger partial charge in [-0.25, -0.2) is 4.98 Å². The van der Waals surface area contributed by atoms with Crippen LogP contribution in [0, 0.1) is 6.92 Å². The number of pyridine rings is 1. The molecule has 2 aromatic rings. The molecule has 0 aliphatic rings. The molecular weight excluding hydrogens is 292 g/mol. The van der Waals surface area contributed by atoms with E-state index in [2.05, 4.69) is 32.3 Å². The first kappa shape index (κ1) is 12.9. The van der Waals surface area contributed by atoms with E-state index < -0.39 is 0 Å². The quantitative estimate of drug-likeness (QED) is 0.914. The monoisotopic (exact) mass is 306 g/mol. The fourth-order valence-electron chi connectivity index (χ4n) is 1.64. The molecule has 0 bridgehead atoms. The minimum atomic E-state index is 0.682. The molecule has 18 heavy (non-hydrogen) atoms. The number of aryl methyl sites for hydroxylation is 1. The fourth-order valence-corrected chi connectivity index (χ4v) is 1.88. The maximum Gasteiger partial charge on any atom is 0.130 e. The molecule has 0 aliphatic heterocycles. The highest BCUT2D eigenvalue weighted by atomic mass is 79.9. The molecule has 1 aromatic heterocycles. The Hall–Kier alpha value is -1.55. The summed E-state index contributed by atoms with van der Waals surface area (Å²) in [7, 11) is 0. The summed E-state index contributed by atoms with van der Waals surface area (Å²) in [5.74, 6) is 1.74. The number of benzene rings is 1. The van der Waals surface area contributed by atoms with Crippen LogP contribution in [-0.4, -0.2) is 11.6 Å². The van der Waals surface area contributed by atoms with Gasteiger partial charge in [-0.3, -0.25) is 0 Å². The Balaban J connectivity index is 2.14. The minimum Gasteiger partial charge on any atom is -0.494 e. The highest BCUT2D eigenvalue weighted by molar-refractivity contribution is 9.10. The second-order valence-corrected chi connectivity index (χ2v) is 4.82. The van der Waals surface area contributed by atoms with Gasteiger partial charge in [0, 0.05) is 16.4 Å². The van der Waals surface area contributed by atoms with Crippen molar-refractivity contribution in [3.05, 3.63) is 46.6 Å². The van der Waals surface area contributed by atoms with Gasteiger partial charge in [-0.1, -0.05) is 0 Å². The molecule has 1 N–H and O–H groups in total. The molecule has 0 saturated carbocycles. The van der Waals surface area contributed by atoms with Gasteiger partial charge in [-0.2, -0.15) is 0 Å². The van der Waals surface area contributed by atoms with E-state index in [1.54, 1.807) is 6.20 Å². The topological polar surface area (TPSA) is 34.1 Å². The number of ether oxygens (including phenoxy) is 1. The third-order valence-electron chi connectivity index (χ3n) is 2.47. The van der Waals surface area contributed by atoms with Crippen LogP contribution in [0.4, 0.5) is 11.5 Å². The van der Waals surface area contributed by atoms with Gasteiger partial charge in [0.15, 0.2) is 0 Å². The summed E-state index contributed by atoms with van der Waals surface area (Å²) in [5, 5.41) is 3.25. The first-order chi connectivity index (χ1) is 8.69. The second kappa shape index (κ2) is 5.87. The summed E-state index contributed by atoms with van der Waals surface area (Å²) in [4.78, 5) is 4.27. The molecule has 0 amide bonds. The summed E-state index contributed by atoms with van der Waals surface area (Å²) < 4.78 is 6.48. The van der Waals surface area contributed by atoms with Gasteiger partial charge in [-0.05, 0) is 65.7 Å². The predicted octanol–water partition coefficient (Wildman–Crippen LogP) is 4.29. The number of aromatic nitrogens is 1. The molecule has 4 heteroatoms. The molecular formula is C14H15BrN2O. The van der Waals surface area contributed by atoms with Crippen LogP contribution in [0.1, 0.15) is 12.5 Å². The lowest BCUT2D eigenvalue weighted by atomic mass is 10.2. The van der Waals surface area contributed by atoms with Crippen LogP contribution in [0.5, 0.6) is 5.75 Å². The Morgan fingerprint density at radius 2 is 2.11 bits per heavy atom. The third kappa shape index (κ3) is 3.23. The SMILES string of the molecule is CCOc1ccc(Nc2ccc(Br)cn2)cc1C. The average Bonchev–Trinajstić information content (AvgIpc) is 2.36. The molecule has 1 heterocycles. The van der Waals surface area contributed by atoms with Crippen LogP contribution in [0.2, 0.25) is 0 Å². The lowest BCUT2D eigenvalue weighted by Crippen LogP contribution is -1.96. The van der Waals surface area contributed by atoms with Gasteiger partial charge in [0.1, 0.15) is 11.6 Å². The smallest absolute Gasteiger partial charge is 0.130 e. The molecule has 0 saturated heterocycles. The summed E-state index contributed by atoms with van der Waals surface area (Å²) in [6.07, 6.45) is 1.77. The number of anilines is 2. The van der Waals surface area contributed by atoms with Crippen molar-refractivity contribution in [1.29, 1.82) is 0 Å². The first-order valence-electron chi connectivity index (χ1n) is 5.81. The van der Waals surface area contributed by atoms with E-state index in [4.69, 9.17) is 4.74 Å². The van der Waals surface area contributed by atoms with E-state index in [1.807, 2.05) is 38.1 Å². The number of hydrogen-bond acceptors (Lipinski definition) is 3. The van der Waals surface area contributed by atoms with Crippen LogP contribution in [0.15, 0.2) is 41.0 Å². The maximum atomic E-state index is 5.51. The highest BCUT2D eigenvalue weighted by Crippen LogP contribution is 2.24. The van der Waals surface area contributed by atoms with E-state index in [-0.39, 0.29) is 0 Å². The Labute approximate surface area is 115 Å². The van der Waals surface area contributed by atoms with Crippen molar-refractivity contribution in [2.75, 3.05) is 11.9 Å². The van der Waals surface area contributed by atoms with Gasteiger partial charge in [0.25, 0.3) is 0 Å². The van der Waals surface area contributed by atoms with Crippen molar-refractivity contribution in [2.24, 2.45) is 0 Å². The van der Waals surface area contributed by atoms with Crippen molar-refractivity contribution in [3.63, 3.8) is 0 Å². The number of halogens is 1. The third-order valence-corrected chi connectivity index (χ3v) is 2.94. The van der Waals surface area contributed by atoms with E-state index in [1.165, 1.54) is 0 Å². The van der Waals surface area contributed by atoms with E-state index in [0.29, 0.717) is 6.61 Å². The Morgan fingerprint density at radius 3 is 2.72 bits per heavy atom. The number of nitrogens with zero attached hydrogens (tertiary/aromatic N) is 1. The van der Waals surface area contributed by atoms with E-state index in [0.717, 1.165) is 27.3 Å². The van der Waals surface area contributed by atoms with Crippen LogP contribution < -0.4 is 10.1 Å². The molecule has 0 atom stereocenters. The van der Waals surface area contributed by atoms with Crippen molar-refractivity contribution < 1.29 is 4.74 Å².